The number of benzene rings is 1. The molecule has 0 aromatic heterocycles. The largest absolute Gasteiger partial charge is 0.307 e. The van der Waals surface area contributed by atoms with Crippen LogP contribution in [0, 0.1) is 12.8 Å². The molecule has 1 heteroatoms. The highest BCUT2D eigenvalue weighted by atomic mass is 15.0. The second kappa shape index (κ2) is 5.01. The van der Waals surface area contributed by atoms with Crippen LogP contribution < -0.4 is 5.32 Å². The quantitative estimate of drug-likeness (QED) is 0.790. The van der Waals surface area contributed by atoms with Gasteiger partial charge in [0.25, 0.3) is 0 Å². The summed E-state index contributed by atoms with van der Waals surface area (Å²) < 4.78 is 0. The fourth-order valence-corrected chi connectivity index (χ4v) is 2.36. The topological polar surface area (TPSA) is 12.0 Å². The van der Waals surface area contributed by atoms with Crippen molar-refractivity contribution >= 4 is 0 Å². The molecule has 2 rings (SSSR count). The molecule has 16 heavy (non-hydrogen) atoms. The Morgan fingerprint density at radius 3 is 2.38 bits per heavy atom. The van der Waals surface area contributed by atoms with Crippen LogP contribution in [0.25, 0.3) is 0 Å². The van der Waals surface area contributed by atoms with Crippen molar-refractivity contribution in [3.05, 3.63) is 35.4 Å². The first-order chi connectivity index (χ1) is 7.70. The maximum absolute atomic E-state index is 3.76. The molecular weight excluding hydrogens is 194 g/mol. The van der Waals surface area contributed by atoms with Crippen molar-refractivity contribution in [1.82, 2.24) is 5.32 Å². The Hall–Kier alpha value is -0.820. The Labute approximate surface area is 99.3 Å². The third-order valence-corrected chi connectivity index (χ3v) is 3.67. The van der Waals surface area contributed by atoms with Crippen LogP contribution in [0.15, 0.2) is 24.3 Å². The normalized spacial score (nSPS) is 19.4. The molecular formula is C15H23N. The van der Waals surface area contributed by atoms with Gasteiger partial charge in [-0.3, -0.25) is 0 Å². The maximum Gasteiger partial charge on any atom is 0.0294 e. The summed E-state index contributed by atoms with van der Waals surface area (Å²) in [6, 6.07) is 10.1. The molecule has 1 N–H and O–H groups in total. The van der Waals surface area contributed by atoms with Crippen LogP contribution in [-0.4, -0.2) is 6.04 Å². The highest BCUT2D eigenvalue weighted by Gasteiger charge is 2.30. The first-order valence-electron chi connectivity index (χ1n) is 6.53. The van der Waals surface area contributed by atoms with E-state index in [1.165, 1.54) is 30.4 Å². The zero-order valence-electron chi connectivity index (χ0n) is 10.7. The van der Waals surface area contributed by atoms with Gasteiger partial charge in [-0.25, -0.2) is 0 Å². The van der Waals surface area contributed by atoms with Crippen molar-refractivity contribution in [1.29, 1.82) is 0 Å². The summed E-state index contributed by atoms with van der Waals surface area (Å²) >= 11 is 0. The molecule has 1 aliphatic rings. The van der Waals surface area contributed by atoms with Crippen LogP contribution in [0.3, 0.4) is 0 Å². The number of rotatable bonds is 5. The minimum Gasteiger partial charge on any atom is -0.307 e. The molecule has 0 amide bonds. The number of hydrogen-bond donors (Lipinski definition) is 1. The summed E-state index contributed by atoms with van der Waals surface area (Å²) in [4.78, 5) is 0. The van der Waals surface area contributed by atoms with Crippen LogP contribution in [0.5, 0.6) is 0 Å². The zero-order chi connectivity index (χ0) is 11.5. The van der Waals surface area contributed by atoms with Crippen LogP contribution in [0.4, 0.5) is 0 Å². The van der Waals surface area contributed by atoms with E-state index < -0.39 is 0 Å². The molecule has 0 spiro atoms. The van der Waals surface area contributed by atoms with Gasteiger partial charge in [0.15, 0.2) is 0 Å². The molecule has 1 aromatic rings. The Morgan fingerprint density at radius 2 is 1.88 bits per heavy atom. The highest BCUT2D eigenvalue weighted by Crippen LogP contribution is 2.35. The van der Waals surface area contributed by atoms with Gasteiger partial charge in [0, 0.05) is 12.1 Å². The predicted octanol–water partition coefficient (Wildman–Crippen LogP) is 3.83. The van der Waals surface area contributed by atoms with Crippen molar-refractivity contribution in [2.75, 3.05) is 0 Å². The lowest BCUT2D eigenvalue weighted by Crippen LogP contribution is -2.32. The van der Waals surface area contributed by atoms with Crippen LogP contribution in [0.2, 0.25) is 0 Å². The SMILES string of the molecule is CCC(N[C@@H](C)c1ccc(C)cc1)C1CC1. The highest BCUT2D eigenvalue weighted by molar-refractivity contribution is 5.23. The van der Waals surface area contributed by atoms with Gasteiger partial charge in [0.2, 0.25) is 0 Å². The second-order valence-electron chi connectivity index (χ2n) is 5.15. The molecule has 2 atom stereocenters. The average Bonchev–Trinajstić information content (AvgIpc) is 3.10. The molecule has 0 saturated heterocycles. The van der Waals surface area contributed by atoms with E-state index in [4.69, 9.17) is 0 Å². The lowest BCUT2D eigenvalue weighted by molar-refractivity contribution is 0.405. The van der Waals surface area contributed by atoms with Crippen molar-refractivity contribution in [2.24, 2.45) is 5.92 Å². The van der Waals surface area contributed by atoms with E-state index in [0.29, 0.717) is 6.04 Å². The third-order valence-electron chi connectivity index (χ3n) is 3.67. The number of aryl methyl sites for hydroxylation is 1. The third kappa shape index (κ3) is 2.85. The molecule has 0 radical (unpaired) electrons. The van der Waals surface area contributed by atoms with Crippen LogP contribution in [0.1, 0.15) is 50.3 Å². The van der Waals surface area contributed by atoms with Gasteiger partial charge >= 0.3 is 0 Å². The van der Waals surface area contributed by atoms with E-state index in [2.05, 4.69) is 50.4 Å². The van der Waals surface area contributed by atoms with E-state index in [0.717, 1.165) is 12.0 Å². The van der Waals surface area contributed by atoms with Crippen LogP contribution in [-0.2, 0) is 0 Å². The summed E-state index contributed by atoms with van der Waals surface area (Å²) in [6.45, 7) is 6.70. The summed E-state index contributed by atoms with van der Waals surface area (Å²) in [5, 5.41) is 3.76. The maximum atomic E-state index is 3.76. The fraction of sp³-hybridized carbons (Fsp3) is 0.600. The fourth-order valence-electron chi connectivity index (χ4n) is 2.36. The molecule has 1 saturated carbocycles. The van der Waals surface area contributed by atoms with Gasteiger partial charge in [-0.05, 0) is 44.6 Å². The summed E-state index contributed by atoms with van der Waals surface area (Å²) in [5.41, 5.74) is 2.75. The lowest BCUT2D eigenvalue weighted by Gasteiger charge is -2.22. The first kappa shape index (κ1) is 11.7. The van der Waals surface area contributed by atoms with Gasteiger partial charge in [0.05, 0.1) is 0 Å². The molecule has 1 fully saturated rings. The summed E-state index contributed by atoms with van der Waals surface area (Å²) in [7, 11) is 0. The van der Waals surface area contributed by atoms with Gasteiger partial charge in [-0.15, -0.1) is 0 Å². The molecule has 1 unspecified atom stereocenters. The van der Waals surface area contributed by atoms with Gasteiger partial charge < -0.3 is 5.32 Å². The van der Waals surface area contributed by atoms with Crippen molar-refractivity contribution in [3.8, 4) is 0 Å². The summed E-state index contributed by atoms with van der Waals surface area (Å²) in [5.74, 6) is 0.942. The van der Waals surface area contributed by atoms with Crippen molar-refractivity contribution in [2.45, 2.75) is 52.1 Å². The second-order valence-corrected chi connectivity index (χ2v) is 5.15. The van der Waals surface area contributed by atoms with E-state index in [-0.39, 0.29) is 0 Å². The minimum absolute atomic E-state index is 0.478. The molecule has 0 bridgehead atoms. The van der Waals surface area contributed by atoms with E-state index >= 15 is 0 Å². The molecule has 1 aliphatic carbocycles. The lowest BCUT2D eigenvalue weighted by atomic mass is 10.0. The standard InChI is InChI=1S/C15H23N/c1-4-15(14-9-10-14)16-12(3)13-7-5-11(2)6-8-13/h5-8,12,14-16H,4,9-10H2,1-3H3/t12-,15?/m0/s1. The number of hydrogen-bond acceptors (Lipinski definition) is 1. The molecule has 1 aromatic carbocycles. The van der Waals surface area contributed by atoms with Crippen LogP contribution >= 0.6 is 0 Å². The molecule has 0 aliphatic heterocycles. The molecule has 88 valence electrons. The van der Waals surface area contributed by atoms with Gasteiger partial charge in [0.1, 0.15) is 0 Å². The average molecular weight is 217 g/mol. The Kier molecular flexibility index (Phi) is 3.65. The van der Waals surface area contributed by atoms with E-state index in [9.17, 15) is 0 Å². The monoisotopic (exact) mass is 217 g/mol. The first-order valence-corrected chi connectivity index (χ1v) is 6.53. The van der Waals surface area contributed by atoms with E-state index in [1.807, 2.05) is 0 Å². The van der Waals surface area contributed by atoms with Gasteiger partial charge in [-0.2, -0.15) is 0 Å². The van der Waals surface area contributed by atoms with Gasteiger partial charge in [-0.1, -0.05) is 36.8 Å². The minimum atomic E-state index is 0.478. The smallest absolute Gasteiger partial charge is 0.0294 e. The number of nitrogens with one attached hydrogen (secondary N) is 1. The predicted molar refractivity (Wildman–Crippen MR) is 69.5 cm³/mol. The van der Waals surface area contributed by atoms with Crippen molar-refractivity contribution in [3.63, 3.8) is 0 Å². The Morgan fingerprint density at radius 1 is 1.25 bits per heavy atom. The van der Waals surface area contributed by atoms with Crippen molar-refractivity contribution < 1.29 is 0 Å². The molecule has 1 nitrogen and oxygen atoms in total. The van der Waals surface area contributed by atoms with E-state index in [1.54, 1.807) is 0 Å². The summed E-state index contributed by atoms with van der Waals surface area (Å²) in [6.07, 6.45) is 4.10. The zero-order valence-corrected chi connectivity index (χ0v) is 10.7. The Balaban J connectivity index is 1.95. The molecule has 0 heterocycles. The Bertz CT molecular complexity index is 324.